The predicted octanol–water partition coefficient (Wildman–Crippen LogP) is 5.55. The van der Waals surface area contributed by atoms with Crippen LogP contribution in [0, 0.1) is 26.1 Å². The number of imidazole rings is 1. The first-order chi connectivity index (χ1) is 27.1. The van der Waals surface area contributed by atoms with Crippen LogP contribution in [-0.4, -0.2) is 84.6 Å². The van der Waals surface area contributed by atoms with Crippen LogP contribution < -0.4 is 0 Å². The minimum Gasteiger partial charge on any atom is -0.463 e. The number of benzene rings is 3. The molecule has 5 rings (SSSR count). The number of hydrogen-bond donors (Lipinski definition) is 1. The van der Waals surface area contributed by atoms with Crippen LogP contribution in [0.25, 0.3) is 22.5 Å². The molecule has 0 aliphatic heterocycles. The number of nitrogens with zero attached hydrogens (tertiary/aromatic N) is 7. The SMILES string of the molecule is CCCCc1nc(Cl)c(C(=O)CC(Cc2ccccc2)C(=O)OCCOCC(CO[N+](=O)[O-])O[N+](=O)[O-])n1Cc1ccc(-c2ccccc2-c2nn[nH]n2)cc1. The normalized spacial score (nSPS) is 12.1. The number of Topliss-reactive ketones (excluding diaryl/α,β-unsaturated/α-hetero) is 1. The van der Waals surface area contributed by atoms with E-state index in [9.17, 15) is 29.8 Å². The molecule has 2 aromatic heterocycles. The third-order valence-corrected chi connectivity index (χ3v) is 8.87. The summed E-state index contributed by atoms with van der Waals surface area (Å²) in [6.45, 7) is 0.684. The molecule has 0 fully saturated rings. The first-order valence-corrected chi connectivity index (χ1v) is 18.1. The summed E-state index contributed by atoms with van der Waals surface area (Å²) in [6, 6.07) is 24.8. The zero-order chi connectivity index (χ0) is 39.9. The van der Waals surface area contributed by atoms with E-state index < -0.39 is 47.2 Å². The van der Waals surface area contributed by atoms with Crippen LogP contribution >= 0.6 is 11.6 Å². The maximum absolute atomic E-state index is 14.2. The first kappa shape index (κ1) is 40.9. The molecule has 56 heavy (non-hydrogen) atoms. The lowest BCUT2D eigenvalue weighted by Crippen LogP contribution is -2.30. The molecule has 0 saturated carbocycles. The average Bonchev–Trinajstić information content (AvgIpc) is 3.84. The minimum absolute atomic E-state index is 0.0412. The van der Waals surface area contributed by atoms with Crippen molar-refractivity contribution in [2.24, 2.45) is 5.92 Å². The van der Waals surface area contributed by atoms with Gasteiger partial charge >= 0.3 is 5.97 Å². The van der Waals surface area contributed by atoms with Gasteiger partial charge in [0, 0.05) is 24.9 Å². The second kappa shape index (κ2) is 20.4. The van der Waals surface area contributed by atoms with Gasteiger partial charge in [-0.15, -0.1) is 30.4 Å². The van der Waals surface area contributed by atoms with Gasteiger partial charge < -0.3 is 23.7 Å². The maximum atomic E-state index is 14.2. The molecule has 0 bridgehead atoms. The van der Waals surface area contributed by atoms with Crippen molar-refractivity contribution in [1.82, 2.24) is 30.2 Å². The number of aromatic amines is 1. The number of carbonyl (C=O) groups is 2. The number of halogens is 1. The van der Waals surface area contributed by atoms with E-state index in [1.54, 1.807) is 0 Å². The van der Waals surface area contributed by atoms with E-state index in [0.717, 1.165) is 40.7 Å². The number of H-pyrrole nitrogens is 1. The molecule has 5 aromatic rings. The van der Waals surface area contributed by atoms with Crippen molar-refractivity contribution in [3.05, 3.63) is 127 Å². The van der Waals surface area contributed by atoms with Gasteiger partial charge in [-0.2, -0.15) is 5.21 Å². The number of unbranched alkanes of at least 4 members (excludes halogenated alkanes) is 1. The monoisotopic (exact) mass is 790 g/mol. The lowest BCUT2D eigenvalue weighted by molar-refractivity contribution is -0.790. The molecular formula is C37H39ClN8O10. The molecule has 0 amide bonds. The highest BCUT2D eigenvalue weighted by atomic mass is 35.5. The van der Waals surface area contributed by atoms with Gasteiger partial charge in [-0.3, -0.25) is 9.59 Å². The Morgan fingerprint density at radius 3 is 2.32 bits per heavy atom. The molecule has 19 heteroatoms. The van der Waals surface area contributed by atoms with Crippen LogP contribution in [0.1, 0.15) is 53.6 Å². The third kappa shape index (κ3) is 11.6. The number of ether oxygens (including phenoxy) is 2. The fraction of sp³-hybridized carbons (Fsp3) is 0.351. The Bertz CT molecular complexity index is 2060. The smallest absolute Gasteiger partial charge is 0.309 e. The van der Waals surface area contributed by atoms with Crippen LogP contribution in [0.15, 0.2) is 78.9 Å². The molecule has 3 aromatic carbocycles. The van der Waals surface area contributed by atoms with Gasteiger partial charge in [0.25, 0.3) is 10.2 Å². The molecule has 2 atom stereocenters. The Hall–Kier alpha value is -6.27. The first-order valence-electron chi connectivity index (χ1n) is 17.7. The van der Waals surface area contributed by atoms with E-state index in [0.29, 0.717) is 24.6 Å². The molecule has 18 nitrogen and oxygen atoms in total. The largest absolute Gasteiger partial charge is 0.463 e. The average molecular weight is 791 g/mol. The second-order valence-electron chi connectivity index (χ2n) is 12.6. The van der Waals surface area contributed by atoms with Crippen molar-refractivity contribution in [1.29, 1.82) is 0 Å². The molecule has 0 saturated heterocycles. The number of rotatable bonds is 23. The fourth-order valence-electron chi connectivity index (χ4n) is 5.97. The Morgan fingerprint density at radius 1 is 0.911 bits per heavy atom. The molecular weight excluding hydrogens is 752 g/mol. The molecule has 0 aliphatic carbocycles. The van der Waals surface area contributed by atoms with E-state index in [1.165, 1.54) is 0 Å². The van der Waals surface area contributed by atoms with E-state index >= 15 is 0 Å². The summed E-state index contributed by atoms with van der Waals surface area (Å²) in [4.78, 5) is 61.9. The van der Waals surface area contributed by atoms with Crippen molar-refractivity contribution in [2.75, 3.05) is 26.4 Å². The molecule has 2 unspecified atom stereocenters. The summed E-state index contributed by atoms with van der Waals surface area (Å²) in [5.41, 5.74) is 4.55. The van der Waals surface area contributed by atoms with Crippen molar-refractivity contribution in [3.63, 3.8) is 0 Å². The number of nitrogens with one attached hydrogen (secondary N) is 1. The van der Waals surface area contributed by atoms with E-state index in [4.69, 9.17) is 21.1 Å². The van der Waals surface area contributed by atoms with Gasteiger partial charge in [-0.1, -0.05) is 104 Å². The molecule has 2 heterocycles. The third-order valence-electron chi connectivity index (χ3n) is 8.61. The van der Waals surface area contributed by atoms with Gasteiger partial charge in [-0.05, 0) is 40.3 Å². The Kier molecular flexibility index (Phi) is 14.9. The van der Waals surface area contributed by atoms with E-state index in [1.807, 2.05) is 83.4 Å². The number of aryl methyl sites for hydroxylation is 1. The number of aromatic nitrogens is 6. The highest BCUT2D eigenvalue weighted by Gasteiger charge is 2.29. The Morgan fingerprint density at radius 2 is 1.64 bits per heavy atom. The fourth-order valence-corrected chi connectivity index (χ4v) is 6.28. The summed E-state index contributed by atoms with van der Waals surface area (Å²) in [6.07, 6.45) is 0.859. The van der Waals surface area contributed by atoms with Gasteiger partial charge in [0.05, 0.1) is 19.1 Å². The summed E-state index contributed by atoms with van der Waals surface area (Å²) in [5, 5.41) is 33.4. The quantitative estimate of drug-likeness (QED) is 0.0281. The zero-order valence-corrected chi connectivity index (χ0v) is 31.1. The molecule has 0 aliphatic rings. The predicted molar refractivity (Wildman–Crippen MR) is 199 cm³/mol. The summed E-state index contributed by atoms with van der Waals surface area (Å²) in [5.74, 6) is -0.864. The van der Waals surface area contributed by atoms with Crippen LogP contribution in [0.4, 0.5) is 0 Å². The molecule has 0 spiro atoms. The van der Waals surface area contributed by atoms with Crippen LogP contribution in [0.5, 0.6) is 0 Å². The van der Waals surface area contributed by atoms with Crippen molar-refractivity contribution in [3.8, 4) is 22.5 Å². The van der Waals surface area contributed by atoms with Crippen LogP contribution in [0.3, 0.4) is 0 Å². The Labute approximate surface area is 325 Å². The highest BCUT2D eigenvalue weighted by molar-refractivity contribution is 6.32. The highest BCUT2D eigenvalue weighted by Crippen LogP contribution is 2.31. The molecule has 1 N–H and O–H groups in total. The number of tetrazole rings is 1. The summed E-state index contributed by atoms with van der Waals surface area (Å²) in [7, 11) is 0. The standard InChI is InChI=1S/C37H39ClN8O10/c1-2-3-13-33-39-35(38)34(44(33)22-26-14-16-27(17-15-26)30-11-7-8-12-31(30)36-40-42-43-41-36)32(47)21-28(20-25-9-5-4-6-10-25)37(48)54-19-18-53-23-29(56-46(51)52)24-55-45(49)50/h4-12,14-17,28-29H,2-3,13,18-24H2,1H3,(H,40,41,42,43). The maximum Gasteiger partial charge on any atom is 0.309 e. The van der Waals surface area contributed by atoms with Crippen LogP contribution in [-0.2, 0) is 43.3 Å². The van der Waals surface area contributed by atoms with Crippen LogP contribution in [0.2, 0.25) is 5.15 Å². The van der Waals surface area contributed by atoms with Crippen molar-refractivity contribution >= 4 is 23.4 Å². The zero-order valence-electron chi connectivity index (χ0n) is 30.3. The van der Waals surface area contributed by atoms with E-state index in [-0.39, 0.29) is 36.9 Å². The number of ketones is 1. The molecule has 294 valence electrons. The lowest BCUT2D eigenvalue weighted by Gasteiger charge is -2.18. The van der Waals surface area contributed by atoms with Crippen molar-refractivity contribution in [2.45, 2.75) is 51.7 Å². The number of hydrogen-bond acceptors (Lipinski definition) is 14. The minimum atomic E-state index is -1.39. The summed E-state index contributed by atoms with van der Waals surface area (Å²) >= 11 is 6.70. The van der Waals surface area contributed by atoms with Crippen molar-refractivity contribution < 1.29 is 38.9 Å². The van der Waals surface area contributed by atoms with Gasteiger partial charge in [0.15, 0.2) is 17.0 Å². The van der Waals surface area contributed by atoms with E-state index in [2.05, 4.69) is 42.2 Å². The van der Waals surface area contributed by atoms with Gasteiger partial charge in [0.1, 0.15) is 24.7 Å². The number of esters is 1. The van der Waals surface area contributed by atoms with Gasteiger partial charge in [0.2, 0.25) is 5.82 Å². The van der Waals surface area contributed by atoms with Gasteiger partial charge in [-0.25, -0.2) is 4.98 Å². The summed E-state index contributed by atoms with van der Waals surface area (Å²) < 4.78 is 12.6. The molecule has 0 radical (unpaired) electrons. The number of carbonyl (C=O) groups excluding carboxylic acids is 2. The Balaban J connectivity index is 1.31. The lowest BCUT2D eigenvalue weighted by atomic mass is 9.93. The second-order valence-corrected chi connectivity index (χ2v) is 12.9. The topological polar surface area (TPSA) is 230 Å².